The van der Waals surface area contributed by atoms with Crippen LogP contribution in [0.5, 0.6) is 0 Å². The lowest BCUT2D eigenvalue weighted by atomic mass is 10.3. The second-order valence-electron chi connectivity index (χ2n) is 4.86. The minimum atomic E-state index is 0. The Kier molecular flexibility index (Phi) is 10.0. The van der Waals surface area contributed by atoms with Crippen LogP contribution in [0.2, 0.25) is 0 Å². The smallest absolute Gasteiger partial charge is 0.225 e. The fraction of sp³-hybridized carbons (Fsp3) is 0.533. The molecule has 0 aromatic carbocycles. The van der Waals surface area contributed by atoms with Crippen LogP contribution in [0.4, 0.5) is 5.95 Å². The predicted octanol–water partition coefficient (Wildman–Crippen LogP) is 1.71. The number of rotatable bonds is 6. The first-order chi connectivity index (χ1) is 10.8. The molecule has 1 aromatic heterocycles. The molecule has 1 aliphatic heterocycles. The maximum absolute atomic E-state index is 4.38. The van der Waals surface area contributed by atoms with Gasteiger partial charge in [0.1, 0.15) is 0 Å². The van der Waals surface area contributed by atoms with Crippen LogP contribution in [-0.4, -0.2) is 72.1 Å². The number of aliphatic imine (C=N–C) groups is 1. The average molecular weight is 448 g/mol. The number of halogens is 1. The second kappa shape index (κ2) is 11.5. The highest BCUT2D eigenvalue weighted by Gasteiger charge is 2.20. The van der Waals surface area contributed by atoms with Gasteiger partial charge in [-0.15, -0.1) is 30.6 Å². The summed E-state index contributed by atoms with van der Waals surface area (Å²) in [4.78, 5) is 17.5. The van der Waals surface area contributed by atoms with Crippen molar-refractivity contribution in [1.29, 1.82) is 0 Å². The van der Waals surface area contributed by atoms with Gasteiger partial charge in [0.25, 0.3) is 0 Å². The van der Waals surface area contributed by atoms with Crippen molar-refractivity contribution in [2.45, 2.75) is 0 Å². The number of thioether (sulfide) groups is 1. The van der Waals surface area contributed by atoms with Gasteiger partial charge >= 0.3 is 0 Å². The van der Waals surface area contributed by atoms with Crippen molar-refractivity contribution in [3.8, 4) is 0 Å². The zero-order chi connectivity index (χ0) is 15.6. The molecule has 0 amide bonds. The van der Waals surface area contributed by atoms with Crippen molar-refractivity contribution in [1.82, 2.24) is 20.2 Å². The molecule has 0 bridgehead atoms. The third-order valence-corrected chi connectivity index (χ3v) is 4.36. The van der Waals surface area contributed by atoms with Crippen LogP contribution in [-0.2, 0) is 0 Å². The Labute approximate surface area is 159 Å². The molecule has 1 aliphatic rings. The Morgan fingerprint density at radius 2 is 2.04 bits per heavy atom. The van der Waals surface area contributed by atoms with Crippen LogP contribution in [0.25, 0.3) is 0 Å². The van der Waals surface area contributed by atoms with Gasteiger partial charge in [-0.2, -0.15) is 11.8 Å². The molecular formula is C15H25IN6S. The number of guanidine groups is 1. The van der Waals surface area contributed by atoms with E-state index in [9.17, 15) is 0 Å². The average Bonchev–Trinajstić information content (AvgIpc) is 2.59. The highest BCUT2D eigenvalue weighted by molar-refractivity contribution is 14.0. The molecule has 0 spiro atoms. The van der Waals surface area contributed by atoms with E-state index in [1.807, 2.05) is 31.0 Å². The van der Waals surface area contributed by atoms with Gasteiger partial charge in [0.05, 0.1) is 0 Å². The van der Waals surface area contributed by atoms with E-state index in [2.05, 4.69) is 36.7 Å². The number of nitrogens with zero attached hydrogens (tertiary/aromatic N) is 5. The Hall–Kier alpha value is -1.03. The number of anilines is 1. The quantitative estimate of drug-likeness (QED) is 0.235. The van der Waals surface area contributed by atoms with Crippen LogP contribution in [0.15, 0.2) is 36.1 Å². The molecule has 2 rings (SSSR count). The van der Waals surface area contributed by atoms with Gasteiger partial charge in [-0.3, -0.25) is 4.99 Å². The van der Waals surface area contributed by atoms with Gasteiger partial charge in [0, 0.05) is 63.7 Å². The van der Waals surface area contributed by atoms with E-state index in [1.165, 1.54) is 0 Å². The fourth-order valence-electron chi connectivity index (χ4n) is 2.31. The van der Waals surface area contributed by atoms with Crippen LogP contribution < -0.4 is 10.2 Å². The van der Waals surface area contributed by atoms with Gasteiger partial charge in [-0.05, 0) is 6.07 Å². The lowest BCUT2D eigenvalue weighted by molar-refractivity contribution is 0.371. The number of aromatic nitrogens is 2. The molecule has 0 radical (unpaired) electrons. The highest BCUT2D eigenvalue weighted by Crippen LogP contribution is 2.09. The largest absolute Gasteiger partial charge is 0.355 e. The molecule has 1 saturated heterocycles. The highest BCUT2D eigenvalue weighted by atomic mass is 127. The summed E-state index contributed by atoms with van der Waals surface area (Å²) in [7, 11) is 1.84. The van der Waals surface area contributed by atoms with E-state index in [0.717, 1.165) is 56.1 Å². The molecule has 0 aliphatic carbocycles. The summed E-state index contributed by atoms with van der Waals surface area (Å²) in [5, 5.41) is 3.42. The summed E-state index contributed by atoms with van der Waals surface area (Å²) in [6.07, 6.45) is 5.51. The van der Waals surface area contributed by atoms with E-state index in [4.69, 9.17) is 0 Å². The summed E-state index contributed by atoms with van der Waals surface area (Å²) >= 11 is 1.87. The third-order valence-electron chi connectivity index (χ3n) is 3.39. The van der Waals surface area contributed by atoms with E-state index in [0.29, 0.717) is 0 Å². The normalized spacial score (nSPS) is 15.1. The number of nitrogens with one attached hydrogen (secondary N) is 1. The first-order valence-electron chi connectivity index (χ1n) is 7.51. The lowest BCUT2D eigenvalue weighted by Crippen LogP contribution is -2.53. The van der Waals surface area contributed by atoms with Crippen molar-refractivity contribution >= 4 is 47.6 Å². The molecule has 6 nitrogen and oxygen atoms in total. The maximum atomic E-state index is 4.38. The zero-order valence-corrected chi connectivity index (χ0v) is 16.7. The van der Waals surface area contributed by atoms with E-state index < -0.39 is 0 Å². The minimum Gasteiger partial charge on any atom is -0.355 e. The maximum Gasteiger partial charge on any atom is 0.225 e. The van der Waals surface area contributed by atoms with Crippen molar-refractivity contribution in [2.75, 3.05) is 56.2 Å². The molecule has 8 heteroatoms. The Balaban J connectivity index is 0.00000264. The number of piperazine rings is 1. The van der Waals surface area contributed by atoms with Crippen molar-refractivity contribution in [2.24, 2.45) is 4.99 Å². The first-order valence-corrected chi connectivity index (χ1v) is 8.67. The molecule has 1 N–H and O–H groups in total. The standard InChI is InChI=1S/C15H24N6S.HI/c1-3-12-22-13-7-19-14(16-2)20-8-10-21(11-9-20)15-17-5-4-6-18-15;/h3-6H,1,7-13H2,2H3,(H,16,19);1H. The van der Waals surface area contributed by atoms with Crippen LogP contribution >= 0.6 is 35.7 Å². The fourth-order valence-corrected chi connectivity index (χ4v) is 2.89. The third kappa shape index (κ3) is 6.54. The second-order valence-corrected chi connectivity index (χ2v) is 6.01. The van der Waals surface area contributed by atoms with Gasteiger partial charge in [0.15, 0.2) is 5.96 Å². The predicted molar refractivity (Wildman–Crippen MR) is 110 cm³/mol. The van der Waals surface area contributed by atoms with Gasteiger partial charge in [-0.1, -0.05) is 6.08 Å². The summed E-state index contributed by atoms with van der Waals surface area (Å²) in [6.45, 7) is 8.33. The van der Waals surface area contributed by atoms with Crippen molar-refractivity contribution in [3.63, 3.8) is 0 Å². The first kappa shape index (κ1) is 20.0. The molecule has 2 heterocycles. The van der Waals surface area contributed by atoms with Crippen LogP contribution in [0, 0.1) is 0 Å². The molecule has 0 unspecified atom stereocenters. The van der Waals surface area contributed by atoms with E-state index in [1.54, 1.807) is 12.4 Å². The zero-order valence-electron chi connectivity index (χ0n) is 13.5. The van der Waals surface area contributed by atoms with Crippen molar-refractivity contribution < 1.29 is 0 Å². The van der Waals surface area contributed by atoms with Gasteiger partial charge in [0.2, 0.25) is 5.95 Å². The topological polar surface area (TPSA) is 56.7 Å². The monoisotopic (exact) mass is 448 g/mol. The molecular weight excluding hydrogens is 423 g/mol. The summed E-state index contributed by atoms with van der Waals surface area (Å²) < 4.78 is 0. The van der Waals surface area contributed by atoms with Crippen molar-refractivity contribution in [3.05, 3.63) is 31.1 Å². The van der Waals surface area contributed by atoms with E-state index >= 15 is 0 Å². The molecule has 128 valence electrons. The van der Waals surface area contributed by atoms with E-state index in [-0.39, 0.29) is 24.0 Å². The summed E-state index contributed by atoms with van der Waals surface area (Å²) in [5.74, 6) is 3.84. The van der Waals surface area contributed by atoms with Gasteiger partial charge in [-0.25, -0.2) is 9.97 Å². The Bertz CT molecular complexity index is 476. The number of hydrogen-bond donors (Lipinski definition) is 1. The minimum absolute atomic E-state index is 0. The molecule has 0 atom stereocenters. The Morgan fingerprint density at radius 1 is 1.35 bits per heavy atom. The van der Waals surface area contributed by atoms with Crippen LogP contribution in [0.1, 0.15) is 0 Å². The van der Waals surface area contributed by atoms with Gasteiger partial charge < -0.3 is 15.1 Å². The molecule has 1 aromatic rings. The molecule has 0 saturated carbocycles. The number of hydrogen-bond acceptors (Lipinski definition) is 5. The molecule has 23 heavy (non-hydrogen) atoms. The van der Waals surface area contributed by atoms with Crippen LogP contribution in [0.3, 0.4) is 0 Å². The SMILES string of the molecule is C=CCSCCNC(=NC)N1CCN(c2ncccn2)CC1.I. The Morgan fingerprint density at radius 3 is 2.65 bits per heavy atom. The lowest BCUT2D eigenvalue weighted by Gasteiger charge is -2.36. The summed E-state index contributed by atoms with van der Waals surface area (Å²) in [5.41, 5.74) is 0. The molecule has 1 fully saturated rings. The summed E-state index contributed by atoms with van der Waals surface area (Å²) in [6, 6.07) is 1.84.